The second-order valence-corrected chi connectivity index (χ2v) is 5.60. The van der Waals surface area contributed by atoms with E-state index in [1.54, 1.807) is 13.8 Å². The van der Waals surface area contributed by atoms with Crippen molar-refractivity contribution in [2.45, 2.75) is 59.5 Å². The van der Waals surface area contributed by atoms with E-state index < -0.39 is 17.9 Å². The number of urea groups is 1. The van der Waals surface area contributed by atoms with E-state index in [9.17, 15) is 9.59 Å². The van der Waals surface area contributed by atoms with E-state index in [2.05, 4.69) is 29.4 Å². The first-order valence-corrected chi connectivity index (χ1v) is 7.83. The van der Waals surface area contributed by atoms with Crippen LogP contribution in [0.2, 0.25) is 0 Å². The van der Waals surface area contributed by atoms with E-state index in [4.69, 9.17) is 5.11 Å². The molecule has 0 aromatic rings. The summed E-state index contributed by atoms with van der Waals surface area (Å²) in [5.74, 6) is -1.51. The van der Waals surface area contributed by atoms with Crippen molar-refractivity contribution >= 4 is 12.0 Å². The molecule has 0 aliphatic carbocycles. The molecular weight excluding hydrogens is 270 g/mol. The molecule has 2 amide bonds. The van der Waals surface area contributed by atoms with E-state index in [1.165, 1.54) is 0 Å². The summed E-state index contributed by atoms with van der Waals surface area (Å²) in [5, 5.41) is 14.4. The Morgan fingerprint density at radius 1 is 1.10 bits per heavy atom. The highest BCUT2D eigenvalue weighted by Gasteiger charge is 2.21. The fraction of sp³-hybridized carbons (Fsp3) is 0.867. The number of carbonyl (C=O) groups is 2. The van der Waals surface area contributed by atoms with Gasteiger partial charge in [0.2, 0.25) is 0 Å². The molecule has 0 radical (unpaired) electrons. The lowest BCUT2D eigenvalue weighted by Gasteiger charge is -2.22. The lowest BCUT2D eigenvalue weighted by Crippen LogP contribution is -2.47. The molecule has 0 aliphatic heterocycles. The lowest BCUT2D eigenvalue weighted by molar-refractivity contribution is -0.141. The maximum atomic E-state index is 11.8. The first-order chi connectivity index (χ1) is 9.81. The second-order valence-electron chi connectivity index (χ2n) is 5.60. The van der Waals surface area contributed by atoms with E-state index >= 15 is 0 Å². The highest BCUT2D eigenvalue weighted by Crippen LogP contribution is 2.03. The van der Waals surface area contributed by atoms with E-state index in [0.29, 0.717) is 0 Å². The Labute approximate surface area is 128 Å². The van der Waals surface area contributed by atoms with Gasteiger partial charge in [0.1, 0.15) is 0 Å². The van der Waals surface area contributed by atoms with Gasteiger partial charge in [-0.3, -0.25) is 4.79 Å². The Hall–Kier alpha value is -1.30. The van der Waals surface area contributed by atoms with Crippen molar-refractivity contribution in [2.75, 3.05) is 19.6 Å². The standard InChI is InChI=1S/C15H31N3O3/c1-6-18(7-2)10-8-9-11(3)16-15(21)17-13(5)12(4)14(19)20/h11-13H,6-10H2,1-5H3,(H,19,20)(H2,16,17,21). The summed E-state index contributed by atoms with van der Waals surface area (Å²) in [5.41, 5.74) is 0. The van der Waals surface area contributed by atoms with Crippen LogP contribution < -0.4 is 10.6 Å². The Morgan fingerprint density at radius 2 is 1.67 bits per heavy atom. The molecule has 0 heterocycles. The average molecular weight is 301 g/mol. The number of nitrogens with one attached hydrogen (secondary N) is 2. The molecule has 0 fully saturated rings. The van der Waals surface area contributed by atoms with Gasteiger partial charge < -0.3 is 20.6 Å². The molecule has 0 bridgehead atoms. The van der Waals surface area contributed by atoms with Crippen LogP contribution in [0.3, 0.4) is 0 Å². The smallest absolute Gasteiger partial charge is 0.315 e. The first-order valence-electron chi connectivity index (χ1n) is 7.83. The molecule has 124 valence electrons. The number of carbonyl (C=O) groups excluding carboxylic acids is 1. The third kappa shape index (κ3) is 8.55. The van der Waals surface area contributed by atoms with Crippen molar-refractivity contribution in [1.82, 2.24) is 15.5 Å². The molecule has 6 nitrogen and oxygen atoms in total. The van der Waals surface area contributed by atoms with Crippen molar-refractivity contribution in [3.05, 3.63) is 0 Å². The van der Waals surface area contributed by atoms with Gasteiger partial charge in [0.05, 0.1) is 5.92 Å². The average Bonchev–Trinajstić information content (AvgIpc) is 2.42. The number of aliphatic carboxylic acids is 1. The minimum Gasteiger partial charge on any atom is -0.481 e. The molecule has 0 saturated carbocycles. The van der Waals surface area contributed by atoms with Crippen LogP contribution in [0.15, 0.2) is 0 Å². The monoisotopic (exact) mass is 301 g/mol. The van der Waals surface area contributed by atoms with Gasteiger partial charge in [-0.2, -0.15) is 0 Å². The number of amides is 2. The molecular formula is C15H31N3O3. The van der Waals surface area contributed by atoms with Gasteiger partial charge in [-0.25, -0.2) is 4.79 Å². The predicted octanol–water partition coefficient (Wildman–Crippen LogP) is 1.91. The molecule has 3 N–H and O–H groups in total. The second kappa shape index (κ2) is 10.4. The summed E-state index contributed by atoms with van der Waals surface area (Å²) < 4.78 is 0. The highest BCUT2D eigenvalue weighted by atomic mass is 16.4. The molecule has 0 saturated heterocycles. The van der Waals surface area contributed by atoms with Crippen LogP contribution in [-0.2, 0) is 4.79 Å². The number of hydrogen-bond donors (Lipinski definition) is 3. The molecule has 0 aliphatic rings. The highest BCUT2D eigenvalue weighted by molar-refractivity contribution is 5.76. The lowest BCUT2D eigenvalue weighted by atomic mass is 10.0. The van der Waals surface area contributed by atoms with Crippen LogP contribution in [0.5, 0.6) is 0 Å². The normalized spacial score (nSPS) is 15.3. The zero-order chi connectivity index (χ0) is 16.4. The van der Waals surface area contributed by atoms with Crippen LogP contribution in [-0.4, -0.2) is 53.7 Å². The number of rotatable bonds is 10. The molecule has 0 rings (SSSR count). The summed E-state index contributed by atoms with van der Waals surface area (Å²) in [6, 6.07) is -0.621. The zero-order valence-electron chi connectivity index (χ0n) is 14.0. The van der Waals surface area contributed by atoms with E-state index in [-0.39, 0.29) is 12.1 Å². The van der Waals surface area contributed by atoms with Gasteiger partial charge in [0.15, 0.2) is 0 Å². The fourth-order valence-corrected chi connectivity index (χ4v) is 2.04. The fourth-order valence-electron chi connectivity index (χ4n) is 2.04. The predicted molar refractivity (Wildman–Crippen MR) is 84.4 cm³/mol. The maximum absolute atomic E-state index is 11.8. The van der Waals surface area contributed by atoms with Crippen molar-refractivity contribution < 1.29 is 14.7 Å². The number of carboxylic acid groups (broad SMARTS) is 1. The van der Waals surface area contributed by atoms with Crippen molar-refractivity contribution in [3.63, 3.8) is 0 Å². The van der Waals surface area contributed by atoms with Crippen molar-refractivity contribution in [1.29, 1.82) is 0 Å². The van der Waals surface area contributed by atoms with Crippen molar-refractivity contribution in [2.24, 2.45) is 5.92 Å². The van der Waals surface area contributed by atoms with Gasteiger partial charge in [0, 0.05) is 12.1 Å². The number of carboxylic acids is 1. The van der Waals surface area contributed by atoms with Crippen LogP contribution >= 0.6 is 0 Å². The Bertz CT molecular complexity index is 319. The molecule has 0 aromatic heterocycles. The number of hydrogen-bond acceptors (Lipinski definition) is 3. The van der Waals surface area contributed by atoms with E-state index in [0.717, 1.165) is 32.5 Å². The van der Waals surface area contributed by atoms with Gasteiger partial charge in [-0.15, -0.1) is 0 Å². The van der Waals surface area contributed by atoms with Gasteiger partial charge in [-0.05, 0) is 53.2 Å². The molecule has 3 unspecified atom stereocenters. The van der Waals surface area contributed by atoms with E-state index in [1.807, 2.05) is 6.92 Å². The summed E-state index contributed by atoms with van der Waals surface area (Å²) in [6.07, 6.45) is 1.94. The molecule has 6 heteroatoms. The third-order valence-corrected chi connectivity index (χ3v) is 3.88. The minimum absolute atomic E-state index is 0.0768. The van der Waals surface area contributed by atoms with Crippen molar-refractivity contribution in [3.8, 4) is 0 Å². The van der Waals surface area contributed by atoms with Gasteiger partial charge in [-0.1, -0.05) is 13.8 Å². The molecule has 0 aromatic carbocycles. The summed E-state index contributed by atoms with van der Waals surface area (Å²) in [6.45, 7) is 12.7. The zero-order valence-corrected chi connectivity index (χ0v) is 14.0. The Balaban J connectivity index is 3.96. The van der Waals surface area contributed by atoms with Gasteiger partial charge >= 0.3 is 12.0 Å². The summed E-state index contributed by atoms with van der Waals surface area (Å²) in [7, 11) is 0. The topological polar surface area (TPSA) is 81.7 Å². The first kappa shape index (κ1) is 19.7. The van der Waals surface area contributed by atoms with Crippen LogP contribution in [0.4, 0.5) is 4.79 Å². The summed E-state index contributed by atoms with van der Waals surface area (Å²) >= 11 is 0. The maximum Gasteiger partial charge on any atom is 0.315 e. The molecule has 21 heavy (non-hydrogen) atoms. The van der Waals surface area contributed by atoms with Crippen LogP contribution in [0.1, 0.15) is 47.5 Å². The Kier molecular flexibility index (Phi) is 9.78. The van der Waals surface area contributed by atoms with Crippen LogP contribution in [0, 0.1) is 5.92 Å². The quantitative estimate of drug-likeness (QED) is 0.575. The minimum atomic E-state index is -0.907. The molecule has 3 atom stereocenters. The molecule has 0 spiro atoms. The summed E-state index contributed by atoms with van der Waals surface area (Å²) in [4.78, 5) is 25.0. The van der Waals surface area contributed by atoms with Gasteiger partial charge in [0.25, 0.3) is 0 Å². The largest absolute Gasteiger partial charge is 0.481 e. The SMILES string of the molecule is CCN(CC)CCCC(C)NC(=O)NC(C)C(C)C(=O)O. The Morgan fingerprint density at radius 3 is 2.14 bits per heavy atom. The number of nitrogens with zero attached hydrogens (tertiary/aromatic N) is 1. The third-order valence-electron chi connectivity index (χ3n) is 3.88. The van der Waals surface area contributed by atoms with Crippen LogP contribution in [0.25, 0.3) is 0 Å².